The zero-order chi connectivity index (χ0) is 19.8. The molecule has 1 heterocycles. The molecule has 0 spiro atoms. The van der Waals surface area contributed by atoms with Gasteiger partial charge in [0.25, 0.3) is 5.91 Å². The molecule has 8 heteroatoms. The molecule has 2 N–H and O–H groups in total. The Bertz CT molecular complexity index is 772. The smallest absolute Gasteiger partial charge is 0.372 e. The van der Waals surface area contributed by atoms with Crippen LogP contribution in [0.15, 0.2) is 34.9 Å². The molecule has 1 aromatic carbocycles. The summed E-state index contributed by atoms with van der Waals surface area (Å²) >= 11 is 0. The first-order chi connectivity index (χ1) is 11.8. The minimum atomic E-state index is -4.40. The van der Waals surface area contributed by atoms with Gasteiger partial charge < -0.3 is 9.84 Å². The van der Waals surface area contributed by atoms with Crippen molar-refractivity contribution in [3.8, 4) is 0 Å². The van der Waals surface area contributed by atoms with Gasteiger partial charge in [0.2, 0.25) is 5.88 Å². The molecule has 0 fully saturated rings. The molecular formula is C18H22F3N3O2. The summed E-state index contributed by atoms with van der Waals surface area (Å²) in [7, 11) is 0. The van der Waals surface area contributed by atoms with Gasteiger partial charge in [-0.15, -0.1) is 0 Å². The van der Waals surface area contributed by atoms with Crippen LogP contribution in [-0.4, -0.2) is 16.6 Å². The van der Waals surface area contributed by atoms with E-state index in [9.17, 15) is 18.0 Å². The normalized spacial score (nSPS) is 12.8. The highest BCUT2D eigenvalue weighted by molar-refractivity contribution is 5.98. The first-order valence-corrected chi connectivity index (χ1v) is 8.03. The summed E-state index contributed by atoms with van der Waals surface area (Å²) in [6.45, 7) is 9.12. The van der Waals surface area contributed by atoms with E-state index in [1.807, 2.05) is 20.8 Å². The Balaban J connectivity index is 2.07. The summed E-state index contributed by atoms with van der Waals surface area (Å²) in [5.74, 6) is -0.198. The molecule has 2 rings (SSSR count). The largest absolute Gasteiger partial charge is 0.416 e. The van der Waals surface area contributed by atoms with E-state index >= 15 is 0 Å². The summed E-state index contributed by atoms with van der Waals surface area (Å²) in [6.07, 6.45) is -4.40. The first kappa shape index (κ1) is 19.8. The molecule has 1 aromatic heterocycles. The van der Waals surface area contributed by atoms with Crippen molar-refractivity contribution in [1.29, 1.82) is 0 Å². The second-order valence-electron chi connectivity index (χ2n) is 7.61. The fraction of sp³-hybridized carbons (Fsp3) is 0.444. The standard InChI is InChI=1S/C18H22F3N3O2/c1-16(2,3)13-10-14(26-24-13)22-15(25)17(4,5)23-12-8-6-11(7-9-12)18(19,20)21/h6-10,23H,1-5H3,(H,22,25). The van der Waals surface area contributed by atoms with Gasteiger partial charge >= 0.3 is 6.18 Å². The van der Waals surface area contributed by atoms with Crippen LogP contribution in [-0.2, 0) is 16.4 Å². The third-order valence-electron chi connectivity index (χ3n) is 3.75. The minimum absolute atomic E-state index is 0.210. The molecule has 0 atom stereocenters. The molecular weight excluding hydrogens is 347 g/mol. The Morgan fingerprint density at radius 1 is 1.04 bits per heavy atom. The molecule has 0 bridgehead atoms. The van der Waals surface area contributed by atoms with E-state index < -0.39 is 23.2 Å². The van der Waals surface area contributed by atoms with Gasteiger partial charge in [-0.2, -0.15) is 13.2 Å². The van der Waals surface area contributed by atoms with Gasteiger partial charge in [0.1, 0.15) is 5.54 Å². The zero-order valence-electron chi connectivity index (χ0n) is 15.3. The van der Waals surface area contributed by atoms with Crippen molar-refractivity contribution < 1.29 is 22.5 Å². The number of hydrogen-bond donors (Lipinski definition) is 2. The summed E-state index contributed by atoms with van der Waals surface area (Å²) in [4.78, 5) is 12.5. The number of nitrogens with one attached hydrogen (secondary N) is 2. The predicted molar refractivity (Wildman–Crippen MR) is 93.0 cm³/mol. The van der Waals surface area contributed by atoms with Crippen LogP contribution in [0.2, 0.25) is 0 Å². The molecule has 0 saturated heterocycles. The van der Waals surface area contributed by atoms with Gasteiger partial charge in [-0.25, -0.2) is 0 Å². The average Bonchev–Trinajstić information content (AvgIpc) is 2.95. The fourth-order valence-corrected chi connectivity index (χ4v) is 2.12. The van der Waals surface area contributed by atoms with Crippen LogP contribution >= 0.6 is 0 Å². The lowest BCUT2D eigenvalue weighted by molar-refractivity contribution is -0.137. The maximum atomic E-state index is 12.6. The van der Waals surface area contributed by atoms with Crippen LogP contribution in [0, 0.1) is 0 Å². The van der Waals surface area contributed by atoms with Gasteiger partial charge in [0.15, 0.2) is 0 Å². The molecule has 0 aliphatic heterocycles. The summed E-state index contributed by atoms with van der Waals surface area (Å²) in [5.41, 5.74) is -0.969. The van der Waals surface area contributed by atoms with Crippen LogP contribution in [0.25, 0.3) is 0 Å². The number of amides is 1. The number of aromatic nitrogens is 1. The lowest BCUT2D eigenvalue weighted by Crippen LogP contribution is -2.44. The number of carbonyl (C=O) groups excluding carboxylic acids is 1. The van der Waals surface area contributed by atoms with Crippen molar-refractivity contribution in [2.75, 3.05) is 10.6 Å². The molecule has 0 radical (unpaired) electrons. The number of alkyl halides is 3. The number of rotatable bonds is 4. The highest BCUT2D eigenvalue weighted by Crippen LogP contribution is 2.30. The van der Waals surface area contributed by atoms with Gasteiger partial charge in [-0.3, -0.25) is 10.1 Å². The van der Waals surface area contributed by atoms with Crippen LogP contribution in [0.4, 0.5) is 24.7 Å². The lowest BCUT2D eigenvalue weighted by atomic mass is 9.92. The fourth-order valence-electron chi connectivity index (χ4n) is 2.12. The van der Waals surface area contributed by atoms with Crippen molar-refractivity contribution in [2.45, 2.75) is 51.7 Å². The van der Waals surface area contributed by atoms with Crippen LogP contribution in [0.3, 0.4) is 0 Å². The number of hydrogen-bond acceptors (Lipinski definition) is 4. The van der Waals surface area contributed by atoms with E-state index in [1.54, 1.807) is 19.9 Å². The molecule has 5 nitrogen and oxygen atoms in total. The monoisotopic (exact) mass is 369 g/mol. The highest BCUT2D eigenvalue weighted by Gasteiger charge is 2.32. The van der Waals surface area contributed by atoms with E-state index in [-0.39, 0.29) is 11.3 Å². The molecule has 2 aromatic rings. The number of anilines is 2. The Morgan fingerprint density at radius 3 is 2.08 bits per heavy atom. The molecule has 1 amide bonds. The van der Waals surface area contributed by atoms with E-state index in [0.29, 0.717) is 11.4 Å². The minimum Gasteiger partial charge on any atom is -0.372 e. The first-order valence-electron chi connectivity index (χ1n) is 8.03. The van der Waals surface area contributed by atoms with E-state index in [4.69, 9.17) is 4.52 Å². The number of benzene rings is 1. The van der Waals surface area contributed by atoms with Crippen molar-refractivity contribution in [2.24, 2.45) is 0 Å². The Labute approximate surface area is 149 Å². The molecule has 0 unspecified atom stereocenters. The van der Waals surface area contributed by atoms with E-state index in [1.165, 1.54) is 12.1 Å². The van der Waals surface area contributed by atoms with Gasteiger partial charge in [0.05, 0.1) is 11.3 Å². The van der Waals surface area contributed by atoms with E-state index in [2.05, 4.69) is 15.8 Å². The molecule has 0 saturated carbocycles. The van der Waals surface area contributed by atoms with Crippen molar-refractivity contribution >= 4 is 17.5 Å². The number of nitrogens with zero attached hydrogens (tertiary/aromatic N) is 1. The van der Waals surface area contributed by atoms with Crippen LogP contribution < -0.4 is 10.6 Å². The Morgan fingerprint density at radius 2 is 1.62 bits per heavy atom. The van der Waals surface area contributed by atoms with Crippen molar-refractivity contribution in [3.63, 3.8) is 0 Å². The Hall–Kier alpha value is -2.51. The maximum Gasteiger partial charge on any atom is 0.416 e. The summed E-state index contributed by atoms with van der Waals surface area (Å²) in [6, 6.07) is 6.13. The average molecular weight is 369 g/mol. The highest BCUT2D eigenvalue weighted by atomic mass is 19.4. The number of carbonyl (C=O) groups is 1. The lowest BCUT2D eigenvalue weighted by Gasteiger charge is -2.25. The van der Waals surface area contributed by atoms with Gasteiger partial charge in [-0.1, -0.05) is 25.9 Å². The molecule has 26 heavy (non-hydrogen) atoms. The van der Waals surface area contributed by atoms with Crippen molar-refractivity contribution in [3.05, 3.63) is 41.6 Å². The second kappa shape index (κ2) is 6.66. The number of halogens is 3. The topological polar surface area (TPSA) is 67.2 Å². The van der Waals surface area contributed by atoms with Crippen LogP contribution in [0.1, 0.15) is 45.9 Å². The second-order valence-corrected chi connectivity index (χ2v) is 7.61. The quantitative estimate of drug-likeness (QED) is 0.811. The molecule has 0 aliphatic carbocycles. The molecule has 142 valence electrons. The van der Waals surface area contributed by atoms with Gasteiger partial charge in [0, 0.05) is 17.2 Å². The molecule has 0 aliphatic rings. The third kappa shape index (κ3) is 4.77. The summed E-state index contributed by atoms with van der Waals surface area (Å²) < 4.78 is 43.0. The SMILES string of the molecule is CC(C)(Nc1ccc(C(F)(F)F)cc1)C(=O)Nc1cc(C(C)(C)C)no1. The van der Waals surface area contributed by atoms with Gasteiger partial charge in [-0.05, 0) is 38.1 Å². The summed E-state index contributed by atoms with van der Waals surface area (Å²) in [5, 5.41) is 9.46. The third-order valence-corrected chi connectivity index (χ3v) is 3.75. The predicted octanol–water partition coefficient (Wildman–Crippen LogP) is 4.82. The zero-order valence-corrected chi connectivity index (χ0v) is 15.3. The van der Waals surface area contributed by atoms with Crippen molar-refractivity contribution in [1.82, 2.24) is 5.16 Å². The van der Waals surface area contributed by atoms with E-state index in [0.717, 1.165) is 12.1 Å². The van der Waals surface area contributed by atoms with Crippen LogP contribution in [0.5, 0.6) is 0 Å². The Kier molecular flexibility index (Phi) is 5.07. The maximum absolute atomic E-state index is 12.6.